The number of pyridine rings is 1. The third-order valence-electron chi connectivity index (χ3n) is 5.83. The zero-order valence-corrected chi connectivity index (χ0v) is 17.6. The zero-order valence-electron chi connectivity index (χ0n) is 17.6. The molecule has 1 aliphatic heterocycles. The summed E-state index contributed by atoms with van der Waals surface area (Å²) in [6.45, 7) is 0. The molecule has 0 radical (unpaired) electrons. The number of nitrogens with zero attached hydrogens (tertiary/aromatic N) is 5. The molecule has 1 atom stereocenters. The fourth-order valence-corrected chi connectivity index (χ4v) is 4.24. The maximum absolute atomic E-state index is 12.6. The first-order valence-electron chi connectivity index (χ1n) is 10.4. The van der Waals surface area contributed by atoms with Gasteiger partial charge in [-0.25, -0.2) is 9.31 Å². The minimum atomic E-state index is -0.614. The molecule has 5 aromatic rings. The zero-order chi connectivity index (χ0) is 22.5. The fourth-order valence-electron chi connectivity index (χ4n) is 4.24. The number of nitrogens with one attached hydrogen (secondary N) is 1. The first kappa shape index (κ1) is 19.2. The van der Waals surface area contributed by atoms with Gasteiger partial charge in [0.05, 0.1) is 23.7 Å². The van der Waals surface area contributed by atoms with Crippen LogP contribution in [0.3, 0.4) is 0 Å². The monoisotopic (exact) mass is 438 g/mol. The van der Waals surface area contributed by atoms with Gasteiger partial charge in [-0.3, -0.25) is 14.8 Å². The molecule has 4 heterocycles. The van der Waals surface area contributed by atoms with Gasteiger partial charge in [0.25, 0.3) is 0 Å². The van der Waals surface area contributed by atoms with E-state index in [2.05, 4.69) is 20.5 Å². The summed E-state index contributed by atoms with van der Waals surface area (Å²) < 4.78 is 8.81. The van der Waals surface area contributed by atoms with Crippen LogP contribution in [0.25, 0.3) is 27.7 Å². The Hall–Kier alpha value is -4.53. The van der Waals surface area contributed by atoms with Crippen LogP contribution in [0.15, 0.2) is 67.0 Å². The normalized spacial score (nSPS) is 15.1. The average Bonchev–Trinajstić information content (AvgIpc) is 3.49. The second-order valence-electron chi connectivity index (χ2n) is 7.90. The van der Waals surface area contributed by atoms with Crippen LogP contribution in [0.5, 0.6) is 0 Å². The van der Waals surface area contributed by atoms with E-state index in [0.29, 0.717) is 11.2 Å². The number of amides is 1. The molecule has 1 aliphatic rings. The molecule has 9 heteroatoms. The lowest BCUT2D eigenvalue weighted by Gasteiger charge is -2.09. The fraction of sp³-hybridized carbons (Fsp3) is 0.125. The Labute approximate surface area is 187 Å². The van der Waals surface area contributed by atoms with E-state index in [9.17, 15) is 9.59 Å². The van der Waals surface area contributed by atoms with Gasteiger partial charge < -0.3 is 4.74 Å². The molecule has 0 saturated heterocycles. The van der Waals surface area contributed by atoms with Crippen LogP contribution in [-0.4, -0.2) is 36.3 Å². The molecule has 2 aromatic carbocycles. The van der Waals surface area contributed by atoms with Crippen molar-refractivity contribution >= 4 is 34.4 Å². The number of hydrogen-bond donors (Lipinski definition) is 1. The van der Waals surface area contributed by atoms with Crippen LogP contribution < -0.4 is 5.32 Å². The second-order valence-corrected chi connectivity index (χ2v) is 7.90. The van der Waals surface area contributed by atoms with Gasteiger partial charge in [-0.1, -0.05) is 30.3 Å². The summed E-state index contributed by atoms with van der Waals surface area (Å²) in [5, 5.41) is 12.5. The third kappa shape index (κ3) is 3.21. The maximum atomic E-state index is 12.6. The molecule has 0 bridgehead atoms. The number of hydrogen-bond acceptors (Lipinski definition) is 6. The maximum Gasteiger partial charge on any atom is 0.339 e. The topological polar surface area (TPSA) is 103 Å². The predicted molar refractivity (Wildman–Crippen MR) is 121 cm³/mol. The highest BCUT2D eigenvalue weighted by atomic mass is 16.5. The average molecular weight is 438 g/mol. The Kier molecular flexibility index (Phi) is 4.22. The van der Waals surface area contributed by atoms with E-state index in [4.69, 9.17) is 4.74 Å². The molecule has 6 rings (SSSR count). The first-order chi connectivity index (χ1) is 16.1. The number of aromatic nitrogens is 5. The summed E-state index contributed by atoms with van der Waals surface area (Å²) in [5.74, 6) is -0.555. The van der Waals surface area contributed by atoms with Crippen LogP contribution in [-0.2, 0) is 16.6 Å². The number of carbonyl (C=O) groups excluding carboxylic acids is 2. The number of anilines is 1. The second kappa shape index (κ2) is 7.27. The van der Waals surface area contributed by atoms with E-state index < -0.39 is 12.1 Å². The van der Waals surface area contributed by atoms with Crippen LogP contribution in [0.4, 0.5) is 5.95 Å². The molecule has 0 spiro atoms. The molecule has 0 saturated carbocycles. The van der Waals surface area contributed by atoms with Crippen molar-refractivity contribution in [2.24, 2.45) is 7.05 Å². The largest absolute Gasteiger partial charge is 0.453 e. The molecule has 0 fully saturated rings. The van der Waals surface area contributed by atoms with Crippen molar-refractivity contribution in [3.05, 3.63) is 78.1 Å². The van der Waals surface area contributed by atoms with Gasteiger partial charge in [0.2, 0.25) is 11.9 Å². The van der Waals surface area contributed by atoms with Gasteiger partial charge in [-0.05, 0) is 29.8 Å². The standard InChI is InChI=1S/C24H18N6O3/c1-29-19-8-4-7-15(18(19)12-25-29)14-9-10-21-26-24(28-30(21)13-14)27-22(31)11-20-16-5-2-3-6-17(16)23(32)33-20/h2-10,12-13,20H,11H2,1H3,(H,27,28,31)/t20-/m1/s1. The Balaban J connectivity index is 1.24. The molecule has 0 aliphatic carbocycles. The SMILES string of the molecule is Cn1ncc2c(-c3ccc4nc(NC(=O)C[C@H]5OC(=O)c6ccccc65)nn4c3)cccc21. The number of ether oxygens (including phenoxy) is 1. The number of benzene rings is 2. The Morgan fingerprint density at radius 2 is 1.94 bits per heavy atom. The predicted octanol–water partition coefficient (Wildman–Crippen LogP) is 3.52. The molecule has 162 valence electrons. The van der Waals surface area contributed by atoms with E-state index in [0.717, 1.165) is 27.6 Å². The van der Waals surface area contributed by atoms with Crippen molar-refractivity contribution < 1.29 is 14.3 Å². The van der Waals surface area contributed by atoms with Crippen molar-refractivity contribution in [2.75, 3.05) is 5.32 Å². The molecular formula is C24H18N6O3. The van der Waals surface area contributed by atoms with E-state index in [1.807, 2.05) is 60.5 Å². The summed E-state index contributed by atoms with van der Waals surface area (Å²) in [6, 6.07) is 16.9. The van der Waals surface area contributed by atoms with Crippen molar-refractivity contribution in [1.82, 2.24) is 24.4 Å². The van der Waals surface area contributed by atoms with Gasteiger partial charge in [-0.15, -0.1) is 5.10 Å². The highest BCUT2D eigenvalue weighted by Crippen LogP contribution is 2.33. The van der Waals surface area contributed by atoms with Crippen molar-refractivity contribution in [3.63, 3.8) is 0 Å². The smallest absolute Gasteiger partial charge is 0.339 e. The van der Waals surface area contributed by atoms with Gasteiger partial charge in [0, 0.05) is 29.8 Å². The van der Waals surface area contributed by atoms with Crippen LogP contribution in [0, 0.1) is 0 Å². The molecule has 3 aromatic heterocycles. The molecule has 9 nitrogen and oxygen atoms in total. The number of esters is 1. The molecular weight excluding hydrogens is 420 g/mol. The molecule has 33 heavy (non-hydrogen) atoms. The molecule has 1 amide bonds. The van der Waals surface area contributed by atoms with E-state index in [1.165, 1.54) is 0 Å². The number of fused-ring (bicyclic) bond motifs is 3. The summed E-state index contributed by atoms with van der Waals surface area (Å²) in [6.07, 6.45) is 3.09. The van der Waals surface area contributed by atoms with E-state index in [1.54, 1.807) is 22.7 Å². The lowest BCUT2D eigenvalue weighted by Crippen LogP contribution is -2.16. The number of cyclic esters (lactones) is 1. The van der Waals surface area contributed by atoms with Crippen LogP contribution >= 0.6 is 0 Å². The minimum Gasteiger partial charge on any atom is -0.453 e. The lowest BCUT2D eigenvalue weighted by atomic mass is 10.0. The van der Waals surface area contributed by atoms with Crippen LogP contribution in [0.2, 0.25) is 0 Å². The van der Waals surface area contributed by atoms with Gasteiger partial charge in [0.1, 0.15) is 6.10 Å². The molecule has 1 N–H and O–H groups in total. The highest BCUT2D eigenvalue weighted by molar-refractivity contribution is 5.96. The van der Waals surface area contributed by atoms with Crippen molar-refractivity contribution in [2.45, 2.75) is 12.5 Å². The number of rotatable bonds is 4. The summed E-state index contributed by atoms with van der Waals surface area (Å²) in [5.41, 5.74) is 4.84. The molecule has 0 unspecified atom stereocenters. The van der Waals surface area contributed by atoms with Crippen molar-refractivity contribution in [1.29, 1.82) is 0 Å². The Morgan fingerprint density at radius 3 is 2.85 bits per heavy atom. The number of carbonyl (C=O) groups is 2. The van der Waals surface area contributed by atoms with E-state index in [-0.39, 0.29) is 18.3 Å². The van der Waals surface area contributed by atoms with Gasteiger partial charge >= 0.3 is 5.97 Å². The summed E-state index contributed by atoms with van der Waals surface area (Å²) in [7, 11) is 1.91. The Morgan fingerprint density at radius 1 is 1.09 bits per heavy atom. The Bertz CT molecular complexity index is 1570. The quantitative estimate of drug-likeness (QED) is 0.431. The first-order valence-corrected chi connectivity index (χ1v) is 10.4. The number of aryl methyl sites for hydroxylation is 1. The third-order valence-corrected chi connectivity index (χ3v) is 5.83. The van der Waals surface area contributed by atoms with Gasteiger partial charge in [0.15, 0.2) is 5.65 Å². The highest BCUT2D eigenvalue weighted by Gasteiger charge is 2.32. The lowest BCUT2D eigenvalue weighted by molar-refractivity contribution is -0.118. The van der Waals surface area contributed by atoms with Crippen molar-refractivity contribution in [3.8, 4) is 11.1 Å². The van der Waals surface area contributed by atoms with Crippen LogP contribution in [0.1, 0.15) is 28.4 Å². The summed E-state index contributed by atoms with van der Waals surface area (Å²) >= 11 is 0. The van der Waals surface area contributed by atoms with Gasteiger partial charge in [-0.2, -0.15) is 10.1 Å². The minimum absolute atomic E-state index is 0.00738. The van der Waals surface area contributed by atoms with E-state index >= 15 is 0 Å². The summed E-state index contributed by atoms with van der Waals surface area (Å²) in [4.78, 5) is 29.0.